The summed E-state index contributed by atoms with van der Waals surface area (Å²) in [5.41, 5.74) is 2.80. The minimum absolute atomic E-state index is 0.117. The van der Waals surface area contributed by atoms with Gasteiger partial charge in [0.15, 0.2) is 0 Å². The van der Waals surface area contributed by atoms with Crippen molar-refractivity contribution in [3.8, 4) is 0 Å². The minimum atomic E-state index is -0.921. The summed E-state index contributed by atoms with van der Waals surface area (Å²) in [5, 5.41) is 34.7. The zero-order chi connectivity index (χ0) is 18.9. The highest BCUT2D eigenvalue weighted by molar-refractivity contribution is 5.65. The first-order chi connectivity index (χ1) is 12.5. The van der Waals surface area contributed by atoms with Crippen LogP contribution in [0.5, 0.6) is 0 Å². The van der Waals surface area contributed by atoms with E-state index in [0.717, 1.165) is 17.1 Å². The van der Waals surface area contributed by atoms with Gasteiger partial charge in [-0.25, -0.2) is 0 Å². The molecule has 0 aliphatic carbocycles. The monoisotopic (exact) mass is 359 g/mol. The largest absolute Gasteiger partial charge is 0.394 e. The van der Waals surface area contributed by atoms with Crippen molar-refractivity contribution < 1.29 is 20.1 Å². The molecule has 0 bridgehead atoms. The predicted molar refractivity (Wildman–Crippen MR) is 100 cm³/mol. The topological polar surface area (TPSA) is 97.9 Å². The Morgan fingerprint density at radius 3 is 2.19 bits per heavy atom. The summed E-state index contributed by atoms with van der Waals surface area (Å²) in [6, 6.07) is 17.7. The number of para-hydroxylation sites is 1. The first-order valence-electron chi connectivity index (χ1n) is 8.34. The molecule has 0 saturated carbocycles. The Hall–Kier alpha value is -2.32. The predicted octanol–water partition coefficient (Wildman–Crippen LogP) is 2.27. The van der Waals surface area contributed by atoms with Gasteiger partial charge < -0.3 is 25.0 Å². The van der Waals surface area contributed by atoms with Crippen LogP contribution < -0.4 is 4.90 Å². The molecule has 140 valence electrons. The fourth-order valence-electron chi connectivity index (χ4n) is 2.36. The van der Waals surface area contributed by atoms with Gasteiger partial charge >= 0.3 is 0 Å². The number of rotatable bonds is 4. The molecular formula is C19H25N3O4. The summed E-state index contributed by atoms with van der Waals surface area (Å²) in [7, 11) is 3.99. The summed E-state index contributed by atoms with van der Waals surface area (Å²) in [4.78, 5) is 2.03. The molecule has 3 atom stereocenters. The molecule has 0 aromatic heterocycles. The molecular weight excluding hydrogens is 334 g/mol. The maximum atomic E-state index is 8.92. The second-order valence-electron chi connectivity index (χ2n) is 6.03. The average Bonchev–Trinajstić information content (AvgIpc) is 3.00. The average molecular weight is 359 g/mol. The zero-order valence-corrected chi connectivity index (χ0v) is 14.9. The number of nitrogens with zero attached hydrogens (tertiary/aromatic N) is 3. The molecule has 2 aromatic rings. The Labute approximate surface area is 153 Å². The number of aliphatic hydroxyl groups is 3. The maximum absolute atomic E-state index is 8.92. The molecule has 1 heterocycles. The lowest BCUT2D eigenvalue weighted by molar-refractivity contribution is -0.00588. The van der Waals surface area contributed by atoms with Gasteiger partial charge in [-0.2, -0.15) is 5.11 Å². The molecule has 7 heteroatoms. The zero-order valence-electron chi connectivity index (χ0n) is 14.9. The number of benzene rings is 2. The van der Waals surface area contributed by atoms with E-state index in [9.17, 15) is 0 Å². The lowest BCUT2D eigenvalue weighted by atomic mass is 10.2. The Balaban J connectivity index is 0.000000228. The molecule has 3 rings (SSSR count). The number of aliphatic hydroxyl groups excluding tert-OH is 3. The number of ether oxygens (including phenoxy) is 1. The Morgan fingerprint density at radius 1 is 1.00 bits per heavy atom. The van der Waals surface area contributed by atoms with Crippen molar-refractivity contribution in [2.24, 2.45) is 10.2 Å². The minimum Gasteiger partial charge on any atom is -0.394 e. The van der Waals surface area contributed by atoms with Crippen LogP contribution in [0.3, 0.4) is 0 Å². The summed E-state index contributed by atoms with van der Waals surface area (Å²) in [5.74, 6) is 0. The van der Waals surface area contributed by atoms with E-state index in [1.165, 1.54) is 0 Å². The Bertz CT molecular complexity index is 694. The van der Waals surface area contributed by atoms with Gasteiger partial charge in [0, 0.05) is 14.1 Å². The lowest BCUT2D eigenvalue weighted by Gasteiger charge is -2.13. The van der Waals surface area contributed by atoms with Crippen molar-refractivity contribution in [1.82, 2.24) is 0 Å². The normalized spacial score (nSPS) is 22.1. The summed E-state index contributed by atoms with van der Waals surface area (Å²) in [6.45, 7) is -0.120. The second kappa shape index (κ2) is 9.98. The van der Waals surface area contributed by atoms with Crippen LogP contribution in [0.15, 0.2) is 64.8 Å². The van der Waals surface area contributed by atoms with Gasteiger partial charge in [-0.1, -0.05) is 30.3 Å². The van der Waals surface area contributed by atoms with Crippen LogP contribution in [0.2, 0.25) is 0 Å². The van der Waals surface area contributed by atoms with Gasteiger partial charge in [0.1, 0.15) is 24.0 Å². The van der Waals surface area contributed by atoms with E-state index in [4.69, 9.17) is 20.1 Å². The van der Waals surface area contributed by atoms with Crippen molar-refractivity contribution in [3.63, 3.8) is 0 Å². The molecule has 1 aliphatic rings. The van der Waals surface area contributed by atoms with Gasteiger partial charge in [-0.05, 0) is 24.3 Å². The first-order valence-corrected chi connectivity index (χ1v) is 8.34. The van der Waals surface area contributed by atoms with Crippen LogP contribution in [0, 0.1) is 0 Å². The quantitative estimate of drug-likeness (QED) is 0.728. The van der Waals surface area contributed by atoms with Crippen molar-refractivity contribution in [2.75, 3.05) is 32.2 Å². The highest BCUT2D eigenvalue weighted by atomic mass is 16.5. The molecule has 1 aliphatic heterocycles. The van der Waals surface area contributed by atoms with Crippen molar-refractivity contribution in [3.05, 3.63) is 54.6 Å². The van der Waals surface area contributed by atoms with Crippen LogP contribution in [-0.4, -0.2) is 60.9 Å². The molecule has 26 heavy (non-hydrogen) atoms. The number of hydrogen-bond acceptors (Lipinski definition) is 7. The molecule has 0 unspecified atom stereocenters. The third-order valence-corrected chi connectivity index (χ3v) is 3.83. The molecule has 0 spiro atoms. The Kier molecular flexibility index (Phi) is 7.68. The van der Waals surface area contributed by atoms with Crippen LogP contribution in [0.25, 0.3) is 0 Å². The molecule has 0 amide bonds. The van der Waals surface area contributed by atoms with E-state index in [1.807, 2.05) is 73.6 Å². The summed E-state index contributed by atoms with van der Waals surface area (Å²) < 4.78 is 4.78. The Morgan fingerprint density at radius 2 is 1.65 bits per heavy atom. The van der Waals surface area contributed by atoms with Gasteiger partial charge in [0.05, 0.1) is 24.6 Å². The van der Waals surface area contributed by atoms with Gasteiger partial charge in [-0.15, -0.1) is 5.11 Å². The van der Waals surface area contributed by atoms with Gasteiger partial charge in [-0.3, -0.25) is 0 Å². The fraction of sp³-hybridized carbons (Fsp3) is 0.368. The maximum Gasteiger partial charge on any atom is 0.110 e. The fourth-order valence-corrected chi connectivity index (χ4v) is 2.36. The lowest BCUT2D eigenvalue weighted by Crippen LogP contribution is -2.31. The molecule has 3 N–H and O–H groups in total. The first kappa shape index (κ1) is 20.0. The van der Waals surface area contributed by atoms with Crippen molar-refractivity contribution >= 4 is 17.1 Å². The third kappa shape index (κ3) is 5.60. The summed E-state index contributed by atoms with van der Waals surface area (Å²) in [6.07, 6.45) is -2.35. The number of azo groups is 1. The van der Waals surface area contributed by atoms with Gasteiger partial charge in [0.25, 0.3) is 0 Å². The van der Waals surface area contributed by atoms with E-state index in [-0.39, 0.29) is 13.2 Å². The molecule has 1 saturated heterocycles. The van der Waals surface area contributed by atoms with E-state index in [2.05, 4.69) is 10.2 Å². The molecule has 1 fully saturated rings. The van der Waals surface area contributed by atoms with E-state index in [1.54, 1.807) is 0 Å². The highest BCUT2D eigenvalue weighted by Gasteiger charge is 2.33. The second-order valence-corrected chi connectivity index (χ2v) is 6.03. The van der Waals surface area contributed by atoms with E-state index < -0.39 is 18.3 Å². The highest BCUT2D eigenvalue weighted by Crippen LogP contribution is 2.28. The van der Waals surface area contributed by atoms with Crippen LogP contribution in [-0.2, 0) is 4.74 Å². The smallest absolute Gasteiger partial charge is 0.110 e. The molecule has 0 radical (unpaired) electrons. The van der Waals surface area contributed by atoms with E-state index >= 15 is 0 Å². The van der Waals surface area contributed by atoms with Crippen molar-refractivity contribution in [1.29, 1.82) is 0 Å². The van der Waals surface area contributed by atoms with Crippen LogP contribution in [0.1, 0.15) is 0 Å². The standard InChI is InChI=1S/C14H15N3.C5H10O4/c1-17(2)14-11-7-6-10-13(14)16-15-12-8-4-3-5-9-12;6-1-4-5(8)3(7)2-9-4/h3-11H,1-2H3;3-8H,1-2H2/t;3-,4+,5-/m.0/s1. The van der Waals surface area contributed by atoms with Gasteiger partial charge in [0.2, 0.25) is 0 Å². The third-order valence-electron chi connectivity index (χ3n) is 3.83. The van der Waals surface area contributed by atoms with Crippen molar-refractivity contribution in [2.45, 2.75) is 18.3 Å². The van der Waals surface area contributed by atoms with Crippen LogP contribution >= 0.6 is 0 Å². The van der Waals surface area contributed by atoms with E-state index in [0.29, 0.717) is 0 Å². The SMILES string of the molecule is CN(C)c1ccccc1N=Nc1ccccc1.OC[C@H]1OC[C@H](O)[C@@H]1O. The number of anilines is 1. The van der Waals surface area contributed by atoms with Crippen LogP contribution in [0.4, 0.5) is 17.1 Å². The number of hydrogen-bond donors (Lipinski definition) is 3. The summed E-state index contributed by atoms with van der Waals surface area (Å²) >= 11 is 0. The molecule has 7 nitrogen and oxygen atoms in total. The molecule has 2 aromatic carbocycles.